The lowest BCUT2D eigenvalue weighted by Crippen LogP contribution is -2.46. The predicted octanol–water partition coefficient (Wildman–Crippen LogP) is 0.818. The van der Waals surface area contributed by atoms with Crippen molar-refractivity contribution >= 4 is 5.91 Å². The van der Waals surface area contributed by atoms with E-state index in [1.807, 2.05) is 6.92 Å². The van der Waals surface area contributed by atoms with Crippen molar-refractivity contribution in [3.63, 3.8) is 0 Å². The summed E-state index contributed by atoms with van der Waals surface area (Å²) < 4.78 is 0. The van der Waals surface area contributed by atoms with E-state index in [1.54, 1.807) is 0 Å². The zero-order valence-electron chi connectivity index (χ0n) is 11.4. The smallest absolute Gasteiger partial charge is 0.237 e. The average molecular weight is 241 g/mol. The summed E-state index contributed by atoms with van der Waals surface area (Å²) in [5.41, 5.74) is 5.89. The van der Waals surface area contributed by atoms with Crippen LogP contribution in [0.15, 0.2) is 0 Å². The minimum absolute atomic E-state index is 0.0123. The first-order valence-corrected chi connectivity index (χ1v) is 6.76. The number of carbonyl (C=O) groups is 1. The summed E-state index contributed by atoms with van der Waals surface area (Å²) in [6.45, 7) is 7.15. The van der Waals surface area contributed by atoms with Gasteiger partial charge in [0.2, 0.25) is 5.91 Å². The SMILES string of the molecule is CCC(C)C(N)C(=O)NCC1CCN(C)CC1. The van der Waals surface area contributed by atoms with E-state index in [1.165, 1.54) is 12.8 Å². The molecule has 17 heavy (non-hydrogen) atoms. The molecule has 4 heteroatoms. The van der Waals surface area contributed by atoms with Crippen LogP contribution >= 0.6 is 0 Å². The number of hydrogen-bond donors (Lipinski definition) is 2. The van der Waals surface area contributed by atoms with Crippen molar-refractivity contribution in [1.82, 2.24) is 10.2 Å². The Morgan fingerprint density at radius 2 is 2.06 bits per heavy atom. The highest BCUT2D eigenvalue weighted by Gasteiger charge is 2.21. The van der Waals surface area contributed by atoms with Crippen LogP contribution in [0.4, 0.5) is 0 Å². The van der Waals surface area contributed by atoms with Gasteiger partial charge >= 0.3 is 0 Å². The van der Waals surface area contributed by atoms with Gasteiger partial charge in [-0.3, -0.25) is 4.79 Å². The van der Waals surface area contributed by atoms with E-state index in [0.717, 1.165) is 26.1 Å². The van der Waals surface area contributed by atoms with Gasteiger partial charge in [-0.25, -0.2) is 0 Å². The molecular formula is C13H27N3O. The minimum atomic E-state index is -0.355. The van der Waals surface area contributed by atoms with Gasteiger partial charge in [-0.2, -0.15) is 0 Å². The first-order chi connectivity index (χ1) is 8.04. The highest BCUT2D eigenvalue weighted by Crippen LogP contribution is 2.15. The summed E-state index contributed by atoms with van der Waals surface area (Å²) in [4.78, 5) is 14.1. The van der Waals surface area contributed by atoms with Crippen LogP contribution in [0.3, 0.4) is 0 Å². The maximum absolute atomic E-state index is 11.8. The second kappa shape index (κ2) is 6.97. The average Bonchev–Trinajstić information content (AvgIpc) is 2.35. The van der Waals surface area contributed by atoms with Crippen molar-refractivity contribution < 1.29 is 4.79 Å². The molecule has 0 radical (unpaired) electrons. The fourth-order valence-corrected chi connectivity index (χ4v) is 2.14. The maximum atomic E-state index is 11.8. The Labute approximate surface area is 105 Å². The number of likely N-dealkylation sites (tertiary alicyclic amines) is 1. The van der Waals surface area contributed by atoms with Gasteiger partial charge in [0.15, 0.2) is 0 Å². The molecular weight excluding hydrogens is 214 g/mol. The third-order valence-corrected chi connectivity index (χ3v) is 3.96. The Morgan fingerprint density at radius 1 is 1.47 bits per heavy atom. The summed E-state index contributed by atoms with van der Waals surface area (Å²) in [7, 11) is 2.15. The second-order valence-corrected chi connectivity index (χ2v) is 5.40. The Balaban J connectivity index is 2.23. The van der Waals surface area contributed by atoms with Crippen LogP contribution < -0.4 is 11.1 Å². The van der Waals surface area contributed by atoms with E-state index in [4.69, 9.17) is 5.73 Å². The van der Waals surface area contributed by atoms with Crippen LogP contribution in [-0.4, -0.2) is 43.5 Å². The fraction of sp³-hybridized carbons (Fsp3) is 0.923. The number of nitrogens with two attached hydrogens (primary N) is 1. The van der Waals surface area contributed by atoms with Gasteiger partial charge in [0.1, 0.15) is 0 Å². The molecule has 2 atom stereocenters. The molecule has 1 aliphatic rings. The zero-order chi connectivity index (χ0) is 12.8. The first kappa shape index (κ1) is 14.5. The van der Waals surface area contributed by atoms with E-state index in [2.05, 4.69) is 24.2 Å². The minimum Gasteiger partial charge on any atom is -0.354 e. The summed E-state index contributed by atoms with van der Waals surface area (Å²) in [5.74, 6) is 0.894. The van der Waals surface area contributed by atoms with Crippen LogP contribution in [-0.2, 0) is 4.79 Å². The maximum Gasteiger partial charge on any atom is 0.237 e. The van der Waals surface area contributed by atoms with Gasteiger partial charge in [0.05, 0.1) is 6.04 Å². The van der Waals surface area contributed by atoms with Gasteiger partial charge in [0, 0.05) is 6.54 Å². The highest BCUT2D eigenvalue weighted by molar-refractivity contribution is 5.81. The van der Waals surface area contributed by atoms with Crippen molar-refractivity contribution in [2.24, 2.45) is 17.6 Å². The van der Waals surface area contributed by atoms with Crippen LogP contribution in [0.5, 0.6) is 0 Å². The van der Waals surface area contributed by atoms with Gasteiger partial charge in [-0.1, -0.05) is 20.3 Å². The van der Waals surface area contributed by atoms with Crippen molar-refractivity contribution in [1.29, 1.82) is 0 Å². The molecule has 0 spiro atoms. The van der Waals surface area contributed by atoms with Crippen LogP contribution in [0, 0.1) is 11.8 Å². The Kier molecular flexibility index (Phi) is 5.92. The number of piperidine rings is 1. The second-order valence-electron chi connectivity index (χ2n) is 5.40. The molecule has 4 nitrogen and oxygen atoms in total. The largest absolute Gasteiger partial charge is 0.354 e. The Hall–Kier alpha value is -0.610. The number of amides is 1. The molecule has 1 saturated heterocycles. The molecule has 1 aliphatic heterocycles. The Bertz CT molecular complexity index is 237. The van der Waals surface area contributed by atoms with Crippen LogP contribution in [0.25, 0.3) is 0 Å². The van der Waals surface area contributed by atoms with Gasteiger partial charge < -0.3 is 16.0 Å². The molecule has 0 aromatic heterocycles. The molecule has 1 rings (SSSR count). The molecule has 2 unspecified atom stereocenters. The van der Waals surface area contributed by atoms with Crippen LogP contribution in [0.1, 0.15) is 33.1 Å². The molecule has 1 amide bonds. The summed E-state index contributed by atoms with van der Waals surface area (Å²) in [6, 6.07) is -0.355. The standard InChI is InChI=1S/C13H27N3O/c1-4-10(2)12(14)13(17)15-9-11-5-7-16(3)8-6-11/h10-12H,4-9,14H2,1-3H3,(H,15,17). The Morgan fingerprint density at radius 3 is 2.59 bits per heavy atom. The third kappa shape index (κ3) is 4.64. The molecule has 0 aromatic rings. The van der Waals surface area contributed by atoms with Gasteiger partial charge in [0.25, 0.3) is 0 Å². The van der Waals surface area contributed by atoms with Crippen molar-refractivity contribution in [2.75, 3.05) is 26.7 Å². The van der Waals surface area contributed by atoms with E-state index in [-0.39, 0.29) is 17.9 Å². The van der Waals surface area contributed by atoms with Gasteiger partial charge in [-0.05, 0) is 44.8 Å². The van der Waals surface area contributed by atoms with E-state index >= 15 is 0 Å². The summed E-state index contributed by atoms with van der Waals surface area (Å²) >= 11 is 0. The number of nitrogens with zero attached hydrogens (tertiary/aromatic N) is 1. The highest BCUT2D eigenvalue weighted by atomic mass is 16.2. The zero-order valence-corrected chi connectivity index (χ0v) is 11.4. The summed E-state index contributed by atoms with van der Waals surface area (Å²) in [5, 5.41) is 3.00. The van der Waals surface area contributed by atoms with Crippen molar-refractivity contribution in [3.8, 4) is 0 Å². The quantitative estimate of drug-likeness (QED) is 0.749. The number of hydrogen-bond acceptors (Lipinski definition) is 3. The predicted molar refractivity (Wildman–Crippen MR) is 70.7 cm³/mol. The van der Waals surface area contributed by atoms with Gasteiger partial charge in [-0.15, -0.1) is 0 Å². The number of nitrogens with one attached hydrogen (secondary N) is 1. The van der Waals surface area contributed by atoms with Crippen molar-refractivity contribution in [2.45, 2.75) is 39.2 Å². The van der Waals surface area contributed by atoms with Crippen molar-refractivity contribution in [3.05, 3.63) is 0 Å². The normalized spacial score (nSPS) is 22.1. The lowest BCUT2D eigenvalue weighted by molar-refractivity contribution is -0.123. The molecule has 1 heterocycles. The number of rotatable bonds is 5. The molecule has 1 fully saturated rings. The monoisotopic (exact) mass is 241 g/mol. The molecule has 3 N–H and O–H groups in total. The van der Waals surface area contributed by atoms with Crippen LogP contribution in [0.2, 0.25) is 0 Å². The fourth-order valence-electron chi connectivity index (χ4n) is 2.14. The lowest BCUT2D eigenvalue weighted by Gasteiger charge is -2.29. The lowest BCUT2D eigenvalue weighted by atomic mass is 9.96. The molecule has 0 saturated carbocycles. The van der Waals surface area contributed by atoms with E-state index in [9.17, 15) is 4.79 Å². The third-order valence-electron chi connectivity index (χ3n) is 3.96. The number of carbonyl (C=O) groups excluding carboxylic acids is 1. The topological polar surface area (TPSA) is 58.4 Å². The van der Waals surface area contributed by atoms with E-state index < -0.39 is 0 Å². The molecule has 0 bridgehead atoms. The molecule has 100 valence electrons. The molecule has 0 aromatic carbocycles. The van der Waals surface area contributed by atoms with E-state index in [0.29, 0.717) is 5.92 Å². The first-order valence-electron chi connectivity index (χ1n) is 6.76. The molecule has 0 aliphatic carbocycles. The summed E-state index contributed by atoms with van der Waals surface area (Å²) in [6.07, 6.45) is 3.30.